The normalized spacial score (nSPS) is 11.6. The summed E-state index contributed by atoms with van der Waals surface area (Å²) in [5.41, 5.74) is 8.30. The number of halogens is 1. The van der Waals surface area contributed by atoms with Gasteiger partial charge in [0.25, 0.3) is 0 Å². The second kappa shape index (κ2) is 5.46. The molecule has 106 valence electrons. The van der Waals surface area contributed by atoms with E-state index in [-0.39, 0.29) is 5.75 Å². The van der Waals surface area contributed by atoms with Crippen LogP contribution in [-0.2, 0) is 15.6 Å². The molecule has 0 spiro atoms. The zero-order valence-electron chi connectivity index (χ0n) is 11.4. The van der Waals surface area contributed by atoms with Crippen LogP contribution in [0.25, 0.3) is 0 Å². The Labute approximate surface area is 124 Å². The molecular weight excluding hydrogens is 294 g/mol. The maximum absolute atomic E-state index is 12.6. The van der Waals surface area contributed by atoms with Crippen molar-refractivity contribution < 1.29 is 8.42 Å². The van der Waals surface area contributed by atoms with Crippen LogP contribution < -0.4 is 5.73 Å². The summed E-state index contributed by atoms with van der Waals surface area (Å²) in [5, 5.41) is 0.374. The van der Waals surface area contributed by atoms with Crippen molar-refractivity contribution in [3.05, 3.63) is 58.1 Å². The Kier molecular flexibility index (Phi) is 4.06. The largest absolute Gasteiger partial charge is 0.398 e. The van der Waals surface area contributed by atoms with Gasteiger partial charge in [-0.2, -0.15) is 0 Å². The van der Waals surface area contributed by atoms with E-state index in [0.29, 0.717) is 21.2 Å². The van der Waals surface area contributed by atoms with E-state index in [0.717, 1.165) is 11.1 Å². The number of aryl methyl sites for hydroxylation is 2. The summed E-state index contributed by atoms with van der Waals surface area (Å²) in [6.45, 7) is 3.64. The molecule has 0 heterocycles. The maximum Gasteiger partial charge on any atom is 0.182 e. The number of sulfone groups is 1. The van der Waals surface area contributed by atoms with E-state index in [1.807, 2.05) is 13.0 Å². The van der Waals surface area contributed by atoms with Crippen LogP contribution >= 0.6 is 11.6 Å². The average Bonchev–Trinajstić information content (AvgIpc) is 2.37. The van der Waals surface area contributed by atoms with Gasteiger partial charge in [0.2, 0.25) is 0 Å². The Hall–Kier alpha value is -1.52. The Morgan fingerprint density at radius 3 is 2.50 bits per heavy atom. The van der Waals surface area contributed by atoms with Crippen LogP contribution in [0.2, 0.25) is 5.02 Å². The van der Waals surface area contributed by atoms with Crippen molar-refractivity contribution in [3.63, 3.8) is 0 Å². The molecule has 0 fully saturated rings. The highest BCUT2D eigenvalue weighted by Crippen LogP contribution is 2.28. The second-order valence-electron chi connectivity index (χ2n) is 4.84. The Bertz CT molecular complexity index is 734. The third-order valence-electron chi connectivity index (χ3n) is 3.17. The highest BCUT2D eigenvalue weighted by molar-refractivity contribution is 7.90. The first kappa shape index (κ1) is 14.9. The van der Waals surface area contributed by atoms with Crippen LogP contribution in [-0.4, -0.2) is 8.42 Å². The number of nitrogens with two attached hydrogens (primary N) is 1. The van der Waals surface area contributed by atoms with Crippen molar-refractivity contribution in [3.8, 4) is 0 Å². The van der Waals surface area contributed by atoms with Gasteiger partial charge in [0.05, 0.1) is 10.6 Å². The fourth-order valence-corrected chi connectivity index (χ4v) is 4.15. The fraction of sp³-hybridized carbons (Fsp3) is 0.200. The van der Waals surface area contributed by atoms with Crippen LogP contribution in [0.1, 0.15) is 16.7 Å². The molecule has 0 bridgehead atoms. The highest BCUT2D eigenvalue weighted by atomic mass is 35.5. The molecule has 0 saturated carbocycles. The predicted octanol–water partition coefficient (Wildman–Crippen LogP) is 3.51. The van der Waals surface area contributed by atoms with E-state index >= 15 is 0 Å². The summed E-state index contributed by atoms with van der Waals surface area (Å²) >= 11 is 6.05. The van der Waals surface area contributed by atoms with Gasteiger partial charge in [-0.15, -0.1) is 0 Å². The van der Waals surface area contributed by atoms with Gasteiger partial charge in [0.15, 0.2) is 9.84 Å². The summed E-state index contributed by atoms with van der Waals surface area (Å²) in [5.74, 6) is -0.192. The molecule has 0 saturated heterocycles. The topological polar surface area (TPSA) is 60.2 Å². The summed E-state index contributed by atoms with van der Waals surface area (Å²) in [4.78, 5) is 0.330. The van der Waals surface area contributed by atoms with E-state index in [9.17, 15) is 8.42 Å². The van der Waals surface area contributed by atoms with Gasteiger partial charge in [-0.05, 0) is 43.2 Å². The minimum absolute atomic E-state index is 0.192. The molecule has 3 nitrogen and oxygen atoms in total. The molecule has 0 radical (unpaired) electrons. The van der Waals surface area contributed by atoms with E-state index in [1.165, 1.54) is 0 Å². The first-order valence-electron chi connectivity index (χ1n) is 6.14. The fourth-order valence-electron chi connectivity index (χ4n) is 2.04. The van der Waals surface area contributed by atoms with Crippen LogP contribution in [0.4, 0.5) is 5.69 Å². The molecule has 20 heavy (non-hydrogen) atoms. The average molecular weight is 310 g/mol. The first-order valence-corrected chi connectivity index (χ1v) is 8.17. The van der Waals surface area contributed by atoms with Gasteiger partial charge >= 0.3 is 0 Å². The summed E-state index contributed by atoms with van der Waals surface area (Å²) in [7, 11) is -3.48. The third kappa shape index (κ3) is 2.97. The lowest BCUT2D eigenvalue weighted by molar-refractivity contribution is 0.594. The smallest absolute Gasteiger partial charge is 0.182 e. The number of nitrogen functional groups attached to an aromatic ring is 1. The number of hydrogen-bond acceptors (Lipinski definition) is 3. The number of rotatable bonds is 3. The second-order valence-corrected chi connectivity index (χ2v) is 7.20. The van der Waals surface area contributed by atoms with Crippen LogP contribution in [0.15, 0.2) is 41.3 Å². The van der Waals surface area contributed by atoms with Gasteiger partial charge < -0.3 is 5.73 Å². The Morgan fingerprint density at radius 1 is 1.15 bits per heavy atom. The number of benzene rings is 2. The molecule has 2 rings (SSSR count). The monoisotopic (exact) mass is 309 g/mol. The molecule has 0 aromatic heterocycles. The molecule has 0 aliphatic rings. The number of hydrogen-bond donors (Lipinski definition) is 1. The molecule has 0 aliphatic heterocycles. The van der Waals surface area contributed by atoms with Gasteiger partial charge in [-0.1, -0.05) is 29.8 Å². The van der Waals surface area contributed by atoms with Crippen LogP contribution in [0, 0.1) is 13.8 Å². The van der Waals surface area contributed by atoms with Crippen molar-refractivity contribution >= 4 is 27.1 Å². The molecule has 0 aliphatic carbocycles. The van der Waals surface area contributed by atoms with Crippen molar-refractivity contribution in [2.45, 2.75) is 24.5 Å². The zero-order chi connectivity index (χ0) is 14.9. The molecule has 0 atom stereocenters. The third-order valence-corrected chi connectivity index (χ3v) is 5.30. The Morgan fingerprint density at radius 2 is 1.85 bits per heavy atom. The minimum atomic E-state index is -3.48. The van der Waals surface area contributed by atoms with Gasteiger partial charge in [-0.25, -0.2) is 8.42 Å². The predicted molar refractivity (Wildman–Crippen MR) is 82.7 cm³/mol. The van der Waals surface area contributed by atoms with Crippen LogP contribution in [0.3, 0.4) is 0 Å². The molecule has 2 aromatic rings. The standard InChI is InChI=1S/C15H16ClNO2S/c1-10-6-7-11(2)15(8-10)20(18,19)9-12-13(16)4-3-5-14(12)17/h3-8H,9,17H2,1-2H3. The molecule has 0 unspecified atom stereocenters. The quantitative estimate of drug-likeness (QED) is 0.883. The van der Waals surface area contributed by atoms with Crippen LogP contribution in [0.5, 0.6) is 0 Å². The lowest BCUT2D eigenvalue weighted by atomic mass is 10.2. The van der Waals surface area contributed by atoms with E-state index < -0.39 is 9.84 Å². The lowest BCUT2D eigenvalue weighted by Gasteiger charge is -2.11. The Balaban J connectivity index is 2.49. The highest BCUT2D eigenvalue weighted by Gasteiger charge is 2.20. The van der Waals surface area contributed by atoms with Gasteiger partial charge in [0.1, 0.15) is 0 Å². The molecule has 2 aromatic carbocycles. The molecule has 5 heteroatoms. The van der Waals surface area contributed by atoms with E-state index in [1.54, 1.807) is 37.3 Å². The molecule has 0 amide bonds. The van der Waals surface area contributed by atoms with Gasteiger partial charge in [-0.3, -0.25) is 0 Å². The molecule has 2 N–H and O–H groups in total. The lowest BCUT2D eigenvalue weighted by Crippen LogP contribution is -2.09. The van der Waals surface area contributed by atoms with Crippen molar-refractivity contribution in [2.75, 3.05) is 5.73 Å². The SMILES string of the molecule is Cc1ccc(C)c(S(=O)(=O)Cc2c(N)cccc2Cl)c1. The van der Waals surface area contributed by atoms with Crippen molar-refractivity contribution in [1.29, 1.82) is 0 Å². The molecular formula is C15H16ClNO2S. The maximum atomic E-state index is 12.6. The summed E-state index contributed by atoms with van der Waals surface area (Å²) < 4.78 is 25.1. The minimum Gasteiger partial charge on any atom is -0.398 e. The summed E-state index contributed by atoms with van der Waals surface area (Å²) in [6, 6.07) is 10.4. The van der Waals surface area contributed by atoms with E-state index in [2.05, 4.69) is 0 Å². The van der Waals surface area contributed by atoms with Crippen molar-refractivity contribution in [2.24, 2.45) is 0 Å². The zero-order valence-corrected chi connectivity index (χ0v) is 12.9. The van der Waals surface area contributed by atoms with Crippen molar-refractivity contribution in [1.82, 2.24) is 0 Å². The van der Waals surface area contributed by atoms with Gasteiger partial charge in [0, 0.05) is 16.3 Å². The summed E-state index contributed by atoms with van der Waals surface area (Å²) in [6.07, 6.45) is 0. The van der Waals surface area contributed by atoms with E-state index in [4.69, 9.17) is 17.3 Å². The first-order chi connectivity index (χ1) is 9.31. The number of anilines is 1.